The molecule has 0 spiro atoms. The number of amides is 2. The Labute approximate surface area is 256 Å². The molecule has 2 amide bonds. The molecule has 0 aliphatic heterocycles. The van der Waals surface area contributed by atoms with Crippen molar-refractivity contribution in [2.45, 2.75) is 38.3 Å². The van der Waals surface area contributed by atoms with Crippen LogP contribution >= 0.6 is 34.8 Å². The van der Waals surface area contributed by atoms with Gasteiger partial charge in [0.1, 0.15) is 18.3 Å². The van der Waals surface area contributed by atoms with Gasteiger partial charge in [-0.2, -0.15) is 0 Å². The van der Waals surface area contributed by atoms with Gasteiger partial charge in [-0.1, -0.05) is 60.8 Å². The number of methoxy groups -OCH3 is 1. The van der Waals surface area contributed by atoms with E-state index in [-0.39, 0.29) is 34.0 Å². The van der Waals surface area contributed by atoms with E-state index in [2.05, 4.69) is 5.32 Å². The fourth-order valence-electron chi connectivity index (χ4n) is 3.90. The van der Waals surface area contributed by atoms with E-state index >= 15 is 0 Å². The minimum Gasteiger partial charge on any atom is -0.497 e. The monoisotopic (exact) mass is 639 g/mol. The van der Waals surface area contributed by atoms with E-state index in [1.165, 1.54) is 42.3 Å². The van der Waals surface area contributed by atoms with Crippen LogP contribution in [0.4, 0.5) is 5.69 Å². The number of ether oxygens (including phenoxy) is 1. The number of anilines is 1. The predicted octanol–water partition coefficient (Wildman–Crippen LogP) is 6.04. The Hall–Kier alpha value is -2.98. The Morgan fingerprint density at radius 2 is 1.61 bits per heavy atom. The molecule has 1 N–H and O–H groups in total. The summed E-state index contributed by atoms with van der Waals surface area (Å²) in [6, 6.07) is 16.0. The number of halogens is 3. The molecule has 0 unspecified atom stereocenters. The standard InChI is InChI=1S/C29H32Cl3N3O5S/c1-19(2)16-33-29(37)20(3)34(17-21-8-13-26(31)27(32)14-21)28(36)18-35(23-7-5-6-22(30)15-23)41(38,39)25-11-9-24(40-4)10-12-25/h5-15,19-20H,16-18H2,1-4H3,(H,33,37)/t20-/m0/s1. The molecule has 0 bridgehead atoms. The fourth-order valence-corrected chi connectivity index (χ4v) is 5.82. The molecule has 0 saturated carbocycles. The van der Waals surface area contributed by atoms with Crippen LogP contribution in [-0.2, 0) is 26.2 Å². The van der Waals surface area contributed by atoms with Crippen LogP contribution in [0.1, 0.15) is 26.3 Å². The van der Waals surface area contributed by atoms with Gasteiger partial charge in [0.25, 0.3) is 10.0 Å². The Kier molecular flexibility index (Phi) is 11.3. The number of hydrogen-bond donors (Lipinski definition) is 1. The van der Waals surface area contributed by atoms with Gasteiger partial charge in [0.2, 0.25) is 11.8 Å². The third-order valence-electron chi connectivity index (χ3n) is 6.21. The zero-order valence-electron chi connectivity index (χ0n) is 23.1. The summed E-state index contributed by atoms with van der Waals surface area (Å²) in [6.07, 6.45) is 0. The highest BCUT2D eigenvalue weighted by molar-refractivity contribution is 7.92. The second-order valence-corrected chi connectivity index (χ2v) is 12.9. The van der Waals surface area contributed by atoms with Gasteiger partial charge in [-0.25, -0.2) is 8.42 Å². The fraction of sp³-hybridized carbons (Fsp3) is 0.310. The van der Waals surface area contributed by atoms with E-state index in [0.717, 1.165) is 4.31 Å². The van der Waals surface area contributed by atoms with E-state index in [0.29, 0.717) is 27.9 Å². The first-order valence-electron chi connectivity index (χ1n) is 12.8. The van der Waals surface area contributed by atoms with Crippen LogP contribution in [0.15, 0.2) is 71.6 Å². The van der Waals surface area contributed by atoms with Gasteiger partial charge in [0.15, 0.2) is 0 Å². The summed E-state index contributed by atoms with van der Waals surface area (Å²) in [5.41, 5.74) is 0.802. The molecule has 0 radical (unpaired) electrons. The Bertz CT molecular complexity index is 1480. The number of nitrogens with one attached hydrogen (secondary N) is 1. The lowest BCUT2D eigenvalue weighted by atomic mass is 10.1. The average molecular weight is 641 g/mol. The molecule has 3 aromatic carbocycles. The lowest BCUT2D eigenvalue weighted by molar-refractivity contribution is -0.139. The van der Waals surface area contributed by atoms with Gasteiger partial charge in [-0.05, 0) is 73.0 Å². The Morgan fingerprint density at radius 1 is 0.927 bits per heavy atom. The van der Waals surface area contributed by atoms with Crippen LogP contribution in [0.3, 0.4) is 0 Å². The average Bonchev–Trinajstić information content (AvgIpc) is 2.94. The summed E-state index contributed by atoms with van der Waals surface area (Å²) in [5.74, 6) is -0.318. The third-order valence-corrected chi connectivity index (χ3v) is 8.97. The summed E-state index contributed by atoms with van der Waals surface area (Å²) >= 11 is 18.5. The minimum atomic E-state index is -4.24. The maximum atomic E-state index is 14.0. The molecule has 0 aliphatic rings. The molecule has 12 heteroatoms. The number of rotatable bonds is 12. The topological polar surface area (TPSA) is 96.0 Å². The first kappa shape index (κ1) is 32.5. The van der Waals surface area contributed by atoms with Crippen molar-refractivity contribution in [2.24, 2.45) is 5.92 Å². The van der Waals surface area contributed by atoms with E-state index < -0.39 is 28.5 Å². The smallest absolute Gasteiger partial charge is 0.264 e. The number of nitrogens with zero attached hydrogens (tertiary/aromatic N) is 2. The summed E-state index contributed by atoms with van der Waals surface area (Å²) in [4.78, 5) is 28.3. The zero-order valence-corrected chi connectivity index (χ0v) is 26.2. The highest BCUT2D eigenvalue weighted by atomic mass is 35.5. The highest BCUT2D eigenvalue weighted by Gasteiger charge is 2.32. The summed E-state index contributed by atoms with van der Waals surface area (Å²) < 4.78 is 33.9. The van der Waals surface area contributed by atoms with Crippen LogP contribution in [0.5, 0.6) is 5.75 Å². The molecule has 41 heavy (non-hydrogen) atoms. The minimum absolute atomic E-state index is 0.0159. The molecule has 0 aliphatic carbocycles. The second kappa shape index (κ2) is 14.3. The molecule has 1 atom stereocenters. The molecule has 3 rings (SSSR count). The Balaban J connectivity index is 2.03. The van der Waals surface area contributed by atoms with Gasteiger partial charge in [-0.15, -0.1) is 0 Å². The van der Waals surface area contributed by atoms with Gasteiger partial charge >= 0.3 is 0 Å². The number of hydrogen-bond acceptors (Lipinski definition) is 5. The molecule has 0 fully saturated rings. The predicted molar refractivity (Wildman–Crippen MR) is 163 cm³/mol. The normalized spacial score (nSPS) is 12.1. The van der Waals surface area contributed by atoms with Crippen molar-refractivity contribution >= 4 is 62.3 Å². The molecule has 0 heterocycles. The van der Waals surface area contributed by atoms with Crippen molar-refractivity contribution in [1.82, 2.24) is 10.2 Å². The van der Waals surface area contributed by atoms with E-state index in [1.807, 2.05) is 13.8 Å². The molecule has 3 aromatic rings. The van der Waals surface area contributed by atoms with Gasteiger partial charge in [0, 0.05) is 18.1 Å². The first-order valence-corrected chi connectivity index (χ1v) is 15.3. The van der Waals surface area contributed by atoms with Gasteiger partial charge in [-0.3, -0.25) is 13.9 Å². The lowest BCUT2D eigenvalue weighted by Gasteiger charge is -2.32. The highest BCUT2D eigenvalue weighted by Crippen LogP contribution is 2.28. The lowest BCUT2D eigenvalue weighted by Crippen LogP contribution is -2.51. The maximum absolute atomic E-state index is 14.0. The van der Waals surface area contributed by atoms with Gasteiger partial charge in [0.05, 0.1) is 27.7 Å². The van der Waals surface area contributed by atoms with Crippen molar-refractivity contribution < 1.29 is 22.7 Å². The van der Waals surface area contributed by atoms with E-state index in [1.54, 1.807) is 43.3 Å². The summed E-state index contributed by atoms with van der Waals surface area (Å²) in [7, 11) is -2.77. The quantitative estimate of drug-likeness (QED) is 0.261. The van der Waals surface area contributed by atoms with Crippen LogP contribution in [0.25, 0.3) is 0 Å². The number of sulfonamides is 1. The molecule has 0 saturated heterocycles. The molecule has 8 nitrogen and oxygen atoms in total. The summed E-state index contributed by atoms with van der Waals surface area (Å²) in [5, 5.41) is 3.76. The van der Waals surface area contributed by atoms with Crippen LogP contribution in [0, 0.1) is 5.92 Å². The maximum Gasteiger partial charge on any atom is 0.264 e. The molecule has 0 aromatic heterocycles. The molecular formula is C29H32Cl3N3O5S. The number of carbonyl (C=O) groups excluding carboxylic acids is 2. The Morgan fingerprint density at radius 3 is 2.20 bits per heavy atom. The molecular weight excluding hydrogens is 609 g/mol. The SMILES string of the molecule is COc1ccc(S(=O)(=O)N(CC(=O)N(Cc2ccc(Cl)c(Cl)c2)[C@@H](C)C(=O)NCC(C)C)c2cccc(Cl)c2)cc1. The van der Waals surface area contributed by atoms with Crippen LogP contribution in [-0.4, -0.2) is 51.4 Å². The van der Waals surface area contributed by atoms with Crippen molar-refractivity contribution in [1.29, 1.82) is 0 Å². The van der Waals surface area contributed by atoms with Crippen molar-refractivity contribution in [3.05, 3.63) is 87.4 Å². The van der Waals surface area contributed by atoms with Crippen LogP contribution in [0.2, 0.25) is 15.1 Å². The molecule has 220 valence electrons. The van der Waals surface area contributed by atoms with Crippen molar-refractivity contribution in [3.63, 3.8) is 0 Å². The van der Waals surface area contributed by atoms with Crippen LogP contribution < -0.4 is 14.4 Å². The van der Waals surface area contributed by atoms with E-state index in [4.69, 9.17) is 39.5 Å². The largest absolute Gasteiger partial charge is 0.497 e. The van der Waals surface area contributed by atoms with E-state index in [9.17, 15) is 18.0 Å². The number of benzene rings is 3. The zero-order chi connectivity index (χ0) is 30.3. The number of carbonyl (C=O) groups is 2. The summed E-state index contributed by atoms with van der Waals surface area (Å²) in [6.45, 7) is 5.30. The van der Waals surface area contributed by atoms with Crippen molar-refractivity contribution in [2.75, 3.05) is 24.5 Å². The van der Waals surface area contributed by atoms with Crippen molar-refractivity contribution in [3.8, 4) is 5.75 Å². The second-order valence-electron chi connectivity index (χ2n) is 9.75. The van der Waals surface area contributed by atoms with Gasteiger partial charge < -0.3 is 15.0 Å². The first-order chi connectivity index (χ1) is 19.3. The third kappa shape index (κ3) is 8.52.